The number of hydrogen-bond donors (Lipinski definition) is 2. The lowest BCUT2D eigenvalue weighted by Gasteiger charge is -2.35. The minimum absolute atomic E-state index is 0.0295. The highest BCUT2D eigenvalue weighted by Gasteiger charge is 2.23. The van der Waals surface area contributed by atoms with Crippen molar-refractivity contribution in [1.82, 2.24) is 14.9 Å². The van der Waals surface area contributed by atoms with Gasteiger partial charge in [-0.05, 0) is 18.2 Å². The lowest BCUT2D eigenvalue weighted by atomic mass is 10.1. The highest BCUT2D eigenvalue weighted by atomic mass is 19.3. The third-order valence-corrected chi connectivity index (χ3v) is 3.94. The monoisotopic (exact) mass is 365 g/mol. The molecule has 0 aliphatic carbocycles. The van der Waals surface area contributed by atoms with Crippen LogP contribution in [0.4, 0.5) is 20.5 Å². The van der Waals surface area contributed by atoms with Crippen molar-refractivity contribution in [2.24, 2.45) is 0 Å². The number of aromatic nitrogens is 2. The predicted octanol–water partition coefficient (Wildman–Crippen LogP) is 0.916. The van der Waals surface area contributed by atoms with E-state index in [9.17, 15) is 18.4 Å². The van der Waals surface area contributed by atoms with Crippen LogP contribution in [0, 0.1) is 0 Å². The number of carbonyl (C=O) groups excluding carboxylic acids is 1. The molecule has 0 atom stereocenters. The van der Waals surface area contributed by atoms with E-state index in [1.807, 2.05) is 4.90 Å². The maximum atomic E-state index is 12.6. The molecule has 1 aromatic carbocycles. The topological polar surface area (TPSA) is 105 Å². The summed E-state index contributed by atoms with van der Waals surface area (Å²) >= 11 is 0. The van der Waals surface area contributed by atoms with Crippen LogP contribution in [-0.2, 0) is 0 Å². The Balaban J connectivity index is 1.66. The van der Waals surface area contributed by atoms with Crippen LogP contribution in [-0.4, -0.2) is 53.6 Å². The molecule has 1 aliphatic rings. The molecule has 10 heteroatoms. The predicted molar refractivity (Wildman–Crippen MR) is 90.5 cm³/mol. The van der Waals surface area contributed by atoms with Crippen molar-refractivity contribution in [1.29, 1.82) is 0 Å². The van der Waals surface area contributed by atoms with Crippen LogP contribution in [0.25, 0.3) is 0 Å². The quantitative estimate of drug-likeness (QED) is 0.835. The van der Waals surface area contributed by atoms with E-state index in [0.717, 1.165) is 0 Å². The van der Waals surface area contributed by atoms with E-state index in [4.69, 9.17) is 5.73 Å². The number of amides is 1. The van der Waals surface area contributed by atoms with Gasteiger partial charge in [-0.15, -0.1) is 0 Å². The normalized spacial score (nSPS) is 14.6. The molecule has 3 rings (SSSR count). The van der Waals surface area contributed by atoms with Crippen LogP contribution in [0.15, 0.2) is 35.1 Å². The molecule has 0 bridgehead atoms. The number of piperazine rings is 1. The molecule has 26 heavy (non-hydrogen) atoms. The second kappa shape index (κ2) is 7.38. The Hall–Kier alpha value is -3.17. The molecule has 0 saturated carbocycles. The van der Waals surface area contributed by atoms with Crippen LogP contribution in [0.2, 0.25) is 0 Å². The summed E-state index contributed by atoms with van der Waals surface area (Å²) in [5.74, 6) is 0.142. The number of ether oxygens (including phenoxy) is 1. The zero-order valence-corrected chi connectivity index (χ0v) is 13.7. The van der Waals surface area contributed by atoms with Gasteiger partial charge in [-0.3, -0.25) is 14.6 Å². The number of halogens is 2. The van der Waals surface area contributed by atoms with Gasteiger partial charge in [0.1, 0.15) is 11.6 Å². The van der Waals surface area contributed by atoms with Gasteiger partial charge in [0.25, 0.3) is 11.5 Å². The Morgan fingerprint density at radius 2 is 1.96 bits per heavy atom. The summed E-state index contributed by atoms with van der Waals surface area (Å²) in [5, 5.41) is 0. The van der Waals surface area contributed by atoms with Crippen molar-refractivity contribution in [3.05, 3.63) is 46.2 Å². The molecule has 3 N–H and O–H groups in total. The van der Waals surface area contributed by atoms with Gasteiger partial charge in [0.15, 0.2) is 0 Å². The number of nitrogens with zero attached hydrogens (tertiary/aromatic N) is 3. The van der Waals surface area contributed by atoms with Gasteiger partial charge in [0, 0.05) is 37.8 Å². The Morgan fingerprint density at radius 3 is 2.62 bits per heavy atom. The minimum Gasteiger partial charge on any atom is -0.435 e. The molecular formula is C16H17F2N5O3. The molecular weight excluding hydrogens is 348 g/mol. The summed E-state index contributed by atoms with van der Waals surface area (Å²) in [6, 6.07) is 7.04. The van der Waals surface area contributed by atoms with Crippen LogP contribution in [0.5, 0.6) is 5.75 Å². The van der Waals surface area contributed by atoms with Crippen molar-refractivity contribution in [2.45, 2.75) is 6.61 Å². The first-order valence-corrected chi connectivity index (χ1v) is 7.88. The zero-order valence-electron chi connectivity index (χ0n) is 13.7. The first-order chi connectivity index (χ1) is 12.4. The summed E-state index contributed by atoms with van der Waals surface area (Å²) in [5.41, 5.74) is 5.47. The molecule has 1 aromatic heterocycles. The van der Waals surface area contributed by atoms with Gasteiger partial charge in [-0.2, -0.15) is 13.8 Å². The van der Waals surface area contributed by atoms with Crippen LogP contribution in [0.1, 0.15) is 10.4 Å². The average molecular weight is 365 g/mol. The van der Waals surface area contributed by atoms with Crippen LogP contribution in [0.3, 0.4) is 0 Å². The van der Waals surface area contributed by atoms with Gasteiger partial charge in [0.2, 0.25) is 5.95 Å². The number of benzene rings is 1. The number of nitrogens with one attached hydrogen (secondary N) is 1. The largest absolute Gasteiger partial charge is 0.435 e. The molecule has 2 aromatic rings. The lowest BCUT2D eigenvalue weighted by molar-refractivity contribution is -0.0499. The van der Waals surface area contributed by atoms with E-state index >= 15 is 0 Å². The van der Waals surface area contributed by atoms with Crippen LogP contribution >= 0.6 is 0 Å². The number of carbonyl (C=O) groups is 1. The summed E-state index contributed by atoms with van der Waals surface area (Å²) in [7, 11) is 0. The summed E-state index contributed by atoms with van der Waals surface area (Å²) < 4.78 is 28.9. The second-order valence-corrected chi connectivity index (χ2v) is 5.67. The number of hydrogen-bond acceptors (Lipinski definition) is 6. The van der Waals surface area contributed by atoms with Crippen molar-refractivity contribution in [2.75, 3.05) is 36.8 Å². The zero-order chi connectivity index (χ0) is 18.7. The summed E-state index contributed by atoms with van der Waals surface area (Å²) in [6.45, 7) is -1.22. The minimum atomic E-state index is -2.95. The number of nitrogen functional groups attached to an aromatic ring is 1. The van der Waals surface area contributed by atoms with Crippen molar-refractivity contribution in [3.8, 4) is 5.75 Å². The third-order valence-electron chi connectivity index (χ3n) is 3.94. The molecule has 0 spiro atoms. The maximum Gasteiger partial charge on any atom is 0.387 e. The fourth-order valence-corrected chi connectivity index (χ4v) is 2.75. The van der Waals surface area contributed by atoms with Crippen molar-refractivity contribution in [3.63, 3.8) is 0 Å². The first kappa shape index (κ1) is 17.6. The van der Waals surface area contributed by atoms with Gasteiger partial charge >= 0.3 is 6.61 Å². The first-order valence-electron chi connectivity index (χ1n) is 7.88. The SMILES string of the molecule is Nc1nc(N2CCN(C(=O)c3cccc(OC(F)F)c3)CC2)cc(=O)[nH]1. The molecule has 0 unspecified atom stereocenters. The van der Waals surface area contributed by atoms with Gasteiger partial charge in [0.05, 0.1) is 0 Å². The fraction of sp³-hybridized carbons (Fsp3) is 0.312. The van der Waals surface area contributed by atoms with Gasteiger partial charge < -0.3 is 20.3 Å². The van der Waals surface area contributed by atoms with Crippen molar-refractivity contribution < 1.29 is 18.3 Å². The number of nitrogens with two attached hydrogens (primary N) is 1. The molecule has 1 saturated heterocycles. The van der Waals surface area contributed by atoms with E-state index < -0.39 is 6.61 Å². The number of anilines is 2. The number of H-pyrrole nitrogens is 1. The van der Waals surface area contributed by atoms with E-state index in [1.54, 1.807) is 11.0 Å². The molecule has 138 valence electrons. The van der Waals surface area contributed by atoms with Crippen LogP contribution < -0.4 is 20.9 Å². The molecule has 1 aliphatic heterocycles. The molecule has 2 heterocycles. The molecule has 1 fully saturated rings. The Bertz CT molecular complexity index is 850. The van der Waals surface area contributed by atoms with E-state index in [1.165, 1.54) is 24.3 Å². The second-order valence-electron chi connectivity index (χ2n) is 5.67. The Labute approximate surface area is 147 Å². The fourth-order valence-electron chi connectivity index (χ4n) is 2.75. The lowest BCUT2D eigenvalue weighted by Crippen LogP contribution is -2.49. The molecule has 0 radical (unpaired) electrons. The van der Waals surface area contributed by atoms with Gasteiger partial charge in [-0.1, -0.05) is 6.07 Å². The molecule has 8 nitrogen and oxygen atoms in total. The average Bonchev–Trinajstić information content (AvgIpc) is 2.60. The number of aromatic amines is 1. The standard InChI is InChI=1S/C16H17F2N5O3/c17-15(18)26-11-3-1-2-10(8-11)14(25)23-6-4-22(5-7-23)12-9-13(24)21-16(19)20-12/h1-3,8-9,15H,4-7H2,(H3,19,20,21,24). The third kappa shape index (κ3) is 4.08. The Morgan fingerprint density at radius 1 is 1.23 bits per heavy atom. The number of rotatable bonds is 4. The highest BCUT2D eigenvalue weighted by Crippen LogP contribution is 2.19. The number of alkyl halides is 2. The van der Waals surface area contributed by atoms with E-state index in [2.05, 4.69) is 14.7 Å². The van der Waals surface area contributed by atoms with E-state index in [-0.39, 0.29) is 28.7 Å². The van der Waals surface area contributed by atoms with Crippen molar-refractivity contribution >= 4 is 17.7 Å². The van der Waals surface area contributed by atoms with E-state index in [0.29, 0.717) is 32.0 Å². The smallest absolute Gasteiger partial charge is 0.387 e. The Kier molecular flexibility index (Phi) is 5.01. The highest BCUT2D eigenvalue weighted by molar-refractivity contribution is 5.94. The van der Waals surface area contributed by atoms with Gasteiger partial charge in [-0.25, -0.2) is 0 Å². The summed E-state index contributed by atoms with van der Waals surface area (Å²) in [6.07, 6.45) is 0. The maximum absolute atomic E-state index is 12.6. The molecule has 1 amide bonds. The summed E-state index contributed by atoms with van der Waals surface area (Å²) in [4.78, 5) is 34.0.